The number of hydrogen-bond donors (Lipinski definition) is 2. The van der Waals surface area contributed by atoms with E-state index in [1.54, 1.807) is 12.1 Å². The van der Waals surface area contributed by atoms with E-state index in [0.29, 0.717) is 30.3 Å². The Bertz CT molecular complexity index is 658. The maximum Gasteiger partial charge on any atom is 0.252 e. The summed E-state index contributed by atoms with van der Waals surface area (Å²) in [5, 5.41) is 2.67. The van der Waals surface area contributed by atoms with E-state index in [-0.39, 0.29) is 29.8 Å². The third-order valence-electron chi connectivity index (χ3n) is 4.02. The van der Waals surface area contributed by atoms with Gasteiger partial charge in [-0.15, -0.1) is 23.7 Å². The first kappa shape index (κ1) is 20.4. The predicted octanol–water partition coefficient (Wildman–Crippen LogP) is 1.55. The van der Waals surface area contributed by atoms with Gasteiger partial charge in [-0.25, -0.2) is 8.42 Å². The van der Waals surface area contributed by atoms with E-state index < -0.39 is 10.0 Å². The van der Waals surface area contributed by atoms with Crippen LogP contribution in [0.2, 0.25) is 0 Å². The van der Waals surface area contributed by atoms with Crippen LogP contribution in [0.15, 0.2) is 16.3 Å². The summed E-state index contributed by atoms with van der Waals surface area (Å²) in [7, 11) is -3.49. The molecule has 3 N–H and O–H groups in total. The molecule has 0 aliphatic carbocycles. The first-order valence-corrected chi connectivity index (χ1v) is 9.47. The number of sulfonamides is 1. The number of rotatable bonds is 4. The van der Waals surface area contributed by atoms with Gasteiger partial charge in [0.1, 0.15) is 4.21 Å². The van der Waals surface area contributed by atoms with Crippen LogP contribution in [-0.2, 0) is 21.4 Å². The van der Waals surface area contributed by atoms with Crippen LogP contribution >= 0.6 is 23.7 Å². The Morgan fingerprint density at radius 3 is 2.70 bits per heavy atom. The quantitative estimate of drug-likeness (QED) is 0.827. The lowest BCUT2D eigenvalue weighted by molar-refractivity contribution is -0.119. The van der Waals surface area contributed by atoms with Gasteiger partial charge < -0.3 is 11.1 Å². The highest BCUT2D eigenvalue weighted by atomic mass is 35.5. The maximum absolute atomic E-state index is 12.7. The van der Waals surface area contributed by atoms with Gasteiger partial charge in [0.2, 0.25) is 5.91 Å². The van der Waals surface area contributed by atoms with Crippen molar-refractivity contribution in [2.75, 3.05) is 13.1 Å². The normalized spacial score (nSPS) is 21.5. The molecule has 9 heteroatoms. The maximum atomic E-state index is 12.7. The molecule has 6 nitrogen and oxygen atoms in total. The number of carbonyl (C=O) groups excluding carboxylic acids is 1. The Hall–Kier alpha value is -0.670. The summed E-state index contributed by atoms with van der Waals surface area (Å²) in [5.74, 6) is -0.135. The third kappa shape index (κ3) is 4.67. The van der Waals surface area contributed by atoms with Crippen molar-refractivity contribution in [1.29, 1.82) is 0 Å². The third-order valence-corrected chi connectivity index (χ3v) is 7.42. The van der Waals surface area contributed by atoms with Crippen LogP contribution in [0.25, 0.3) is 0 Å². The molecule has 2 heterocycles. The van der Waals surface area contributed by atoms with Crippen molar-refractivity contribution in [2.24, 2.45) is 11.1 Å². The molecule has 1 aromatic rings. The van der Waals surface area contributed by atoms with E-state index in [4.69, 9.17) is 5.73 Å². The molecule has 23 heavy (non-hydrogen) atoms. The van der Waals surface area contributed by atoms with E-state index in [2.05, 4.69) is 5.32 Å². The lowest BCUT2D eigenvalue weighted by atomic mass is 9.81. The summed E-state index contributed by atoms with van der Waals surface area (Å²) in [6.07, 6.45) is 0.663. The molecule has 2 rings (SSSR count). The molecular formula is C14H24ClN3O3S2. The van der Waals surface area contributed by atoms with Crippen LogP contribution < -0.4 is 11.1 Å². The summed E-state index contributed by atoms with van der Waals surface area (Å²) in [5.41, 5.74) is 5.84. The highest BCUT2D eigenvalue weighted by Crippen LogP contribution is 2.33. The van der Waals surface area contributed by atoms with Crippen molar-refractivity contribution in [3.63, 3.8) is 0 Å². The summed E-state index contributed by atoms with van der Waals surface area (Å²) in [4.78, 5) is 11.7. The van der Waals surface area contributed by atoms with Crippen molar-refractivity contribution in [1.82, 2.24) is 9.62 Å². The van der Waals surface area contributed by atoms with E-state index in [9.17, 15) is 13.2 Å². The Morgan fingerprint density at radius 1 is 1.48 bits per heavy atom. The van der Waals surface area contributed by atoms with Gasteiger partial charge >= 0.3 is 0 Å². The molecule has 0 spiro atoms. The van der Waals surface area contributed by atoms with Gasteiger partial charge in [-0.05, 0) is 24.0 Å². The first-order valence-electron chi connectivity index (χ1n) is 7.22. The molecule has 0 aromatic carbocycles. The van der Waals surface area contributed by atoms with Crippen LogP contribution in [0.3, 0.4) is 0 Å². The van der Waals surface area contributed by atoms with Crippen molar-refractivity contribution in [3.05, 3.63) is 17.0 Å². The minimum atomic E-state index is -3.49. The van der Waals surface area contributed by atoms with Gasteiger partial charge in [-0.3, -0.25) is 4.79 Å². The van der Waals surface area contributed by atoms with Crippen molar-refractivity contribution >= 4 is 39.7 Å². The largest absolute Gasteiger partial charge is 0.351 e. The monoisotopic (exact) mass is 381 g/mol. The number of piperidine rings is 1. The topological polar surface area (TPSA) is 92.5 Å². The number of carbonyl (C=O) groups is 1. The van der Waals surface area contributed by atoms with Crippen molar-refractivity contribution < 1.29 is 13.2 Å². The Morgan fingerprint density at radius 2 is 2.13 bits per heavy atom. The summed E-state index contributed by atoms with van der Waals surface area (Å²) in [6.45, 7) is 6.66. The fraction of sp³-hybridized carbons (Fsp3) is 0.643. The number of thiophene rings is 1. The molecule has 0 saturated carbocycles. The second kappa shape index (κ2) is 7.48. The molecule has 0 bridgehead atoms. The Labute approximate surface area is 147 Å². The summed E-state index contributed by atoms with van der Waals surface area (Å²) >= 11 is 1.20. The van der Waals surface area contributed by atoms with Crippen LogP contribution in [0.5, 0.6) is 0 Å². The van der Waals surface area contributed by atoms with E-state index in [1.807, 2.05) is 13.8 Å². The zero-order valence-corrected chi connectivity index (χ0v) is 16.0. The summed E-state index contributed by atoms with van der Waals surface area (Å²) in [6, 6.07) is 3.37. The molecular weight excluding hydrogens is 358 g/mol. The zero-order valence-electron chi connectivity index (χ0n) is 13.5. The number of halogens is 1. The van der Waals surface area contributed by atoms with Gasteiger partial charge in [0.15, 0.2) is 0 Å². The predicted molar refractivity (Wildman–Crippen MR) is 94.2 cm³/mol. The van der Waals surface area contributed by atoms with Crippen molar-refractivity contribution in [3.8, 4) is 0 Å². The van der Waals surface area contributed by atoms with Gasteiger partial charge in [-0.1, -0.05) is 13.8 Å². The molecule has 1 aromatic heterocycles. The van der Waals surface area contributed by atoms with Crippen LogP contribution in [0.1, 0.15) is 32.1 Å². The number of nitrogens with one attached hydrogen (secondary N) is 1. The Kier molecular flexibility index (Phi) is 6.63. The summed E-state index contributed by atoms with van der Waals surface area (Å²) < 4.78 is 27.3. The second-order valence-corrected chi connectivity index (χ2v) is 9.69. The van der Waals surface area contributed by atoms with Crippen LogP contribution in [0, 0.1) is 5.41 Å². The van der Waals surface area contributed by atoms with Gasteiger partial charge in [0.05, 0.1) is 6.54 Å². The van der Waals surface area contributed by atoms with Gasteiger partial charge in [0.25, 0.3) is 10.0 Å². The van der Waals surface area contributed by atoms with Crippen molar-refractivity contribution in [2.45, 2.75) is 44.0 Å². The standard InChI is InChI=1S/C14H23N3O3S2.ClH/c1-10(18)16-8-11-4-5-13(21-11)22(19,20)17-7-6-12(15)14(2,3)9-17;/h4-5,12H,6-9,15H2,1-3H3,(H,16,18);1H. The molecule has 1 unspecified atom stereocenters. The van der Waals surface area contributed by atoms with Gasteiger partial charge in [-0.2, -0.15) is 4.31 Å². The highest BCUT2D eigenvalue weighted by molar-refractivity contribution is 7.91. The van der Waals surface area contributed by atoms with E-state index >= 15 is 0 Å². The zero-order chi connectivity index (χ0) is 16.5. The number of nitrogens with two attached hydrogens (primary N) is 1. The number of nitrogens with zero attached hydrogens (tertiary/aromatic N) is 1. The minimum Gasteiger partial charge on any atom is -0.351 e. The molecule has 1 aliphatic heterocycles. The smallest absolute Gasteiger partial charge is 0.252 e. The molecule has 1 atom stereocenters. The molecule has 1 saturated heterocycles. The molecule has 0 radical (unpaired) electrons. The van der Waals surface area contributed by atoms with E-state index in [1.165, 1.54) is 22.6 Å². The first-order chi connectivity index (χ1) is 10.1. The minimum absolute atomic E-state index is 0. The van der Waals surface area contributed by atoms with Crippen LogP contribution in [0.4, 0.5) is 0 Å². The van der Waals surface area contributed by atoms with Crippen LogP contribution in [-0.4, -0.2) is 37.8 Å². The second-order valence-electron chi connectivity index (χ2n) is 6.35. The average Bonchev–Trinajstić information content (AvgIpc) is 2.89. The number of amides is 1. The van der Waals surface area contributed by atoms with E-state index in [0.717, 1.165) is 4.88 Å². The SMILES string of the molecule is CC(=O)NCc1ccc(S(=O)(=O)N2CCC(N)C(C)(C)C2)s1.Cl. The fourth-order valence-electron chi connectivity index (χ4n) is 2.46. The van der Waals surface area contributed by atoms with Gasteiger partial charge in [0, 0.05) is 30.9 Å². The lowest BCUT2D eigenvalue weighted by Gasteiger charge is -2.41. The average molecular weight is 382 g/mol. The molecule has 1 aliphatic rings. The molecule has 132 valence electrons. The fourth-order valence-corrected chi connectivity index (χ4v) is 5.54. The molecule has 1 fully saturated rings. The lowest BCUT2D eigenvalue weighted by Crippen LogP contribution is -2.53. The highest BCUT2D eigenvalue weighted by Gasteiger charge is 2.39. The molecule has 1 amide bonds. The number of hydrogen-bond acceptors (Lipinski definition) is 5. The Balaban J connectivity index is 0.00000264.